The quantitative estimate of drug-likeness (QED) is 0.782. The Kier molecular flexibility index (Phi) is 6.33. The topological polar surface area (TPSA) is 66.5 Å². The maximum absolute atomic E-state index is 12.6. The molecule has 1 aromatic rings. The molecule has 1 amide bonds. The number of hydrogen-bond acceptors (Lipinski definition) is 4. The maximum Gasteiger partial charge on any atom is 0.251 e. The highest BCUT2D eigenvalue weighted by Crippen LogP contribution is 2.23. The third kappa shape index (κ3) is 5.22. The van der Waals surface area contributed by atoms with Gasteiger partial charge in [0.05, 0.1) is 4.90 Å². The zero-order valence-electron chi connectivity index (χ0n) is 14.5. The molecule has 1 heterocycles. The molecule has 1 fully saturated rings. The Balaban J connectivity index is 2.00. The van der Waals surface area contributed by atoms with E-state index in [9.17, 15) is 13.2 Å². The Morgan fingerprint density at radius 2 is 1.92 bits per heavy atom. The van der Waals surface area contributed by atoms with E-state index in [0.717, 1.165) is 18.6 Å². The molecule has 0 aliphatic carbocycles. The van der Waals surface area contributed by atoms with E-state index in [4.69, 9.17) is 0 Å². The number of sulfonamides is 1. The summed E-state index contributed by atoms with van der Waals surface area (Å²) in [5.74, 6) is 0.587. The molecule has 134 valence electrons. The monoisotopic (exact) mass is 370 g/mol. The second kappa shape index (κ2) is 7.89. The van der Waals surface area contributed by atoms with Gasteiger partial charge < -0.3 is 5.32 Å². The van der Waals surface area contributed by atoms with E-state index < -0.39 is 10.0 Å². The minimum absolute atomic E-state index is 0.161. The standard InChI is InChI=1S/C17H26N2O3S2/c1-17(2,3)23-12-9-18-16(20)14-7-6-8-15(13-14)24(21,22)19-10-4-5-11-19/h6-8,13H,4-5,9-12H2,1-3H3,(H,18,20). The van der Waals surface area contributed by atoms with Crippen molar-refractivity contribution in [2.45, 2.75) is 43.3 Å². The highest BCUT2D eigenvalue weighted by Gasteiger charge is 2.27. The largest absolute Gasteiger partial charge is 0.351 e. The highest BCUT2D eigenvalue weighted by atomic mass is 32.2. The minimum atomic E-state index is -3.49. The van der Waals surface area contributed by atoms with Crippen molar-refractivity contribution in [2.24, 2.45) is 0 Å². The molecule has 0 saturated carbocycles. The number of rotatable bonds is 6. The second-order valence-corrected chi connectivity index (χ2v) is 10.7. The van der Waals surface area contributed by atoms with Gasteiger partial charge in [-0.15, -0.1) is 0 Å². The van der Waals surface area contributed by atoms with E-state index in [2.05, 4.69) is 26.1 Å². The van der Waals surface area contributed by atoms with Crippen molar-refractivity contribution in [1.82, 2.24) is 9.62 Å². The van der Waals surface area contributed by atoms with Crippen LogP contribution in [0.3, 0.4) is 0 Å². The summed E-state index contributed by atoms with van der Waals surface area (Å²) in [5, 5.41) is 2.85. The van der Waals surface area contributed by atoms with Gasteiger partial charge >= 0.3 is 0 Å². The molecular weight excluding hydrogens is 344 g/mol. The van der Waals surface area contributed by atoms with Crippen molar-refractivity contribution in [2.75, 3.05) is 25.4 Å². The van der Waals surface area contributed by atoms with Gasteiger partial charge in [-0.3, -0.25) is 4.79 Å². The summed E-state index contributed by atoms with van der Waals surface area (Å²) in [5.41, 5.74) is 0.385. The number of benzene rings is 1. The summed E-state index contributed by atoms with van der Waals surface area (Å²) in [6.07, 6.45) is 1.79. The third-order valence-electron chi connectivity index (χ3n) is 3.72. The first-order valence-electron chi connectivity index (χ1n) is 8.22. The lowest BCUT2D eigenvalue weighted by Gasteiger charge is -2.17. The van der Waals surface area contributed by atoms with Crippen LogP contribution in [-0.4, -0.2) is 48.8 Å². The Labute approximate surface area is 149 Å². The van der Waals surface area contributed by atoms with Crippen LogP contribution in [0.15, 0.2) is 29.2 Å². The molecule has 2 rings (SSSR count). The van der Waals surface area contributed by atoms with Gasteiger partial charge in [0.1, 0.15) is 0 Å². The lowest BCUT2D eigenvalue weighted by atomic mass is 10.2. The summed E-state index contributed by atoms with van der Waals surface area (Å²) < 4.78 is 26.8. The Hall–Kier alpha value is -1.05. The van der Waals surface area contributed by atoms with Gasteiger partial charge in [0.15, 0.2) is 0 Å². The summed E-state index contributed by atoms with van der Waals surface area (Å²) in [6.45, 7) is 8.07. The molecule has 7 heteroatoms. The number of nitrogens with zero attached hydrogens (tertiary/aromatic N) is 1. The summed E-state index contributed by atoms with van der Waals surface area (Å²) in [7, 11) is -3.49. The smallest absolute Gasteiger partial charge is 0.251 e. The van der Waals surface area contributed by atoms with Crippen molar-refractivity contribution >= 4 is 27.7 Å². The predicted molar refractivity (Wildman–Crippen MR) is 99.0 cm³/mol. The minimum Gasteiger partial charge on any atom is -0.351 e. The first-order chi connectivity index (χ1) is 11.2. The SMILES string of the molecule is CC(C)(C)SCCNC(=O)c1cccc(S(=O)(=O)N2CCCC2)c1. The zero-order valence-corrected chi connectivity index (χ0v) is 16.2. The van der Waals surface area contributed by atoms with Crippen LogP contribution in [0.4, 0.5) is 0 Å². The highest BCUT2D eigenvalue weighted by molar-refractivity contribution is 8.00. The van der Waals surface area contributed by atoms with E-state index in [-0.39, 0.29) is 15.5 Å². The molecule has 5 nitrogen and oxygen atoms in total. The fourth-order valence-electron chi connectivity index (χ4n) is 2.50. The van der Waals surface area contributed by atoms with E-state index in [1.165, 1.54) is 10.4 Å². The van der Waals surface area contributed by atoms with Crippen LogP contribution >= 0.6 is 11.8 Å². The van der Waals surface area contributed by atoms with Gasteiger partial charge in [-0.25, -0.2) is 8.42 Å². The van der Waals surface area contributed by atoms with Gasteiger partial charge in [-0.05, 0) is 31.0 Å². The van der Waals surface area contributed by atoms with Crippen molar-refractivity contribution < 1.29 is 13.2 Å². The van der Waals surface area contributed by atoms with Gasteiger partial charge in [0, 0.05) is 35.7 Å². The van der Waals surface area contributed by atoms with Crippen molar-refractivity contribution in [3.8, 4) is 0 Å². The van der Waals surface area contributed by atoms with Gasteiger partial charge in [0.2, 0.25) is 10.0 Å². The molecule has 1 aliphatic heterocycles. The maximum atomic E-state index is 12.6. The normalized spacial score (nSPS) is 16.3. The fourth-order valence-corrected chi connectivity index (χ4v) is 4.88. The molecule has 1 N–H and O–H groups in total. The number of thioether (sulfide) groups is 1. The van der Waals surface area contributed by atoms with E-state index >= 15 is 0 Å². The van der Waals surface area contributed by atoms with E-state index in [0.29, 0.717) is 25.2 Å². The second-order valence-electron chi connectivity index (χ2n) is 6.86. The first-order valence-corrected chi connectivity index (χ1v) is 10.6. The average Bonchev–Trinajstić information content (AvgIpc) is 3.06. The summed E-state index contributed by atoms with van der Waals surface area (Å²) in [6, 6.07) is 6.30. The number of carbonyl (C=O) groups excluding carboxylic acids is 1. The fraction of sp³-hybridized carbons (Fsp3) is 0.588. The summed E-state index contributed by atoms with van der Waals surface area (Å²) >= 11 is 1.78. The third-order valence-corrected chi connectivity index (χ3v) is 6.89. The lowest BCUT2D eigenvalue weighted by Crippen LogP contribution is -2.29. The van der Waals surface area contributed by atoms with E-state index in [1.54, 1.807) is 30.0 Å². The van der Waals surface area contributed by atoms with Crippen LogP contribution in [0.25, 0.3) is 0 Å². The zero-order chi connectivity index (χ0) is 17.8. The number of hydrogen-bond donors (Lipinski definition) is 1. The van der Waals surface area contributed by atoms with Crippen LogP contribution < -0.4 is 5.32 Å². The van der Waals surface area contributed by atoms with Crippen LogP contribution in [0.2, 0.25) is 0 Å². The van der Waals surface area contributed by atoms with Crippen LogP contribution in [0.5, 0.6) is 0 Å². The van der Waals surface area contributed by atoms with Crippen LogP contribution in [-0.2, 0) is 10.0 Å². The molecule has 0 radical (unpaired) electrons. The van der Waals surface area contributed by atoms with Crippen molar-refractivity contribution in [3.63, 3.8) is 0 Å². The van der Waals surface area contributed by atoms with E-state index in [1.807, 2.05) is 0 Å². The molecule has 24 heavy (non-hydrogen) atoms. The van der Waals surface area contributed by atoms with Crippen molar-refractivity contribution in [1.29, 1.82) is 0 Å². The van der Waals surface area contributed by atoms with Crippen LogP contribution in [0.1, 0.15) is 44.0 Å². The Bertz CT molecular complexity index is 675. The molecule has 0 unspecified atom stereocenters. The number of carbonyl (C=O) groups is 1. The molecule has 1 aliphatic rings. The van der Waals surface area contributed by atoms with Gasteiger partial charge in [-0.1, -0.05) is 26.8 Å². The molecule has 0 atom stereocenters. The van der Waals surface area contributed by atoms with Crippen LogP contribution in [0, 0.1) is 0 Å². The number of nitrogens with one attached hydrogen (secondary N) is 1. The Morgan fingerprint density at radius 3 is 2.54 bits per heavy atom. The molecule has 0 bridgehead atoms. The Morgan fingerprint density at radius 1 is 1.25 bits per heavy atom. The van der Waals surface area contributed by atoms with Gasteiger partial charge in [-0.2, -0.15) is 16.1 Å². The predicted octanol–water partition coefficient (Wildman–Crippen LogP) is 2.73. The average molecular weight is 371 g/mol. The first kappa shape index (κ1) is 19.3. The molecular formula is C17H26N2O3S2. The molecule has 0 aromatic heterocycles. The molecule has 1 saturated heterocycles. The van der Waals surface area contributed by atoms with Gasteiger partial charge in [0.25, 0.3) is 5.91 Å². The summed E-state index contributed by atoms with van der Waals surface area (Å²) in [4.78, 5) is 12.4. The number of amides is 1. The lowest BCUT2D eigenvalue weighted by molar-refractivity contribution is 0.0956. The van der Waals surface area contributed by atoms with Crippen molar-refractivity contribution in [3.05, 3.63) is 29.8 Å². The molecule has 0 spiro atoms. The molecule has 1 aromatic carbocycles.